The van der Waals surface area contributed by atoms with E-state index >= 15 is 0 Å². The summed E-state index contributed by atoms with van der Waals surface area (Å²) in [5, 5.41) is 13.2. The Morgan fingerprint density at radius 2 is 2.05 bits per heavy atom. The first kappa shape index (κ1) is 14.6. The van der Waals surface area contributed by atoms with E-state index in [1.54, 1.807) is 0 Å². The molecule has 1 atom stereocenters. The first-order chi connectivity index (χ1) is 9.05. The number of likely N-dealkylation sites (N-methyl/N-ethyl adjacent to an activating group) is 1. The molecular weight excluding hydrogens is 279 g/mol. The maximum Gasteiger partial charge on any atom is 0.401 e. The highest BCUT2D eigenvalue weighted by molar-refractivity contribution is 5.93. The molecule has 0 aromatic carbocycles. The third-order valence-corrected chi connectivity index (χ3v) is 3.34. The van der Waals surface area contributed by atoms with Crippen molar-refractivity contribution in [1.29, 1.82) is 0 Å². The predicted octanol–water partition coefficient (Wildman–Crippen LogP) is 1.70. The van der Waals surface area contributed by atoms with Crippen LogP contribution in [0.4, 0.5) is 23.8 Å². The maximum atomic E-state index is 12.9. The molecule has 9 heteroatoms. The molecule has 1 saturated heterocycles. The molecule has 1 aliphatic heterocycles. The van der Waals surface area contributed by atoms with Gasteiger partial charge in [0, 0.05) is 13.1 Å². The van der Waals surface area contributed by atoms with Crippen molar-refractivity contribution >= 4 is 11.8 Å². The lowest BCUT2D eigenvalue weighted by atomic mass is 9.89. The molecular formula is C11H14F3N3O3. The zero-order chi connectivity index (χ0) is 15.3. The van der Waals surface area contributed by atoms with Crippen LogP contribution in [0.2, 0.25) is 0 Å². The van der Waals surface area contributed by atoms with Gasteiger partial charge in [-0.1, -0.05) is 5.16 Å². The van der Waals surface area contributed by atoms with E-state index in [-0.39, 0.29) is 12.4 Å². The summed E-state index contributed by atoms with van der Waals surface area (Å²) in [6, 6.07) is 0.468. The van der Waals surface area contributed by atoms with Gasteiger partial charge in [0.1, 0.15) is 5.41 Å². The summed E-state index contributed by atoms with van der Waals surface area (Å²) in [6.45, 7) is 1.95. The van der Waals surface area contributed by atoms with Gasteiger partial charge < -0.3 is 14.5 Å². The molecule has 0 saturated carbocycles. The molecule has 0 radical (unpaired) electrons. The normalized spacial score (nSPS) is 20.9. The summed E-state index contributed by atoms with van der Waals surface area (Å²) < 4.78 is 43.4. The largest absolute Gasteiger partial charge is 0.401 e. The number of alkyl halides is 3. The Balaban J connectivity index is 2.33. The van der Waals surface area contributed by atoms with Crippen molar-refractivity contribution in [2.45, 2.75) is 31.7 Å². The van der Waals surface area contributed by atoms with E-state index in [2.05, 4.69) is 5.16 Å². The lowest BCUT2D eigenvalue weighted by molar-refractivity contribution is -0.185. The average Bonchev–Trinajstić information content (AvgIpc) is 2.84. The van der Waals surface area contributed by atoms with Gasteiger partial charge in [0.25, 0.3) is 0 Å². The van der Waals surface area contributed by atoms with E-state index in [0.717, 1.165) is 24.8 Å². The number of aliphatic hydroxyl groups excluding tert-OH is 1. The lowest BCUT2D eigenvalue weighted by Gasteiger charge is -2.24. The number of rotatable bonds is 2. The predicted molar refractivity (Wildman–Crippen MR) is 62.1 cm³/mol. The second kappa shape index (κ2) is 4.37. The summed E-state index contributed by atoms with van der Waals surface area (Å²) >= 11 is 0. The molecule has 2 heterocycles. The van der Waals surface area contributed by atoms with E-state index in [1.807, 2.05) is 0 Å². The average molecular weight is 293 g/mol. The van der Waals surface area contributed by atoms with Crippen molar-refractivity contribution in [1.82, 2.24) is 10.1 Å². The van der Waals surface area contributed by atoms with Gasteiger partial charge in [0.15, 0.2) is 17.8 Å². The lowest BCUT2D eigenvalue weighted by Crippen LogP contribution is -2.36. The molecule has 0 spiro atoms. The summed E-state index contributed by atoms with van der Waals surface area (Å²) in [5.74, 6) is -0.561. The van der Waals surface area contributed by atoms with E-state index in [9.17, 15) is 23.1 Å². The Hall–Kier alpha value is -1.77. The minimum atomic E-state index is -4.52. The quantitative estimate of drug-likeness (QED) is 0.901. The first-order valence-corrected chi connectivity index (χ1v) is 5.82. The van der Waals surface area contributed by atoms with Crippen LogP contribution in [0.1, 0.15) is 19.6 Å². The third-order valence-electron chi connectivity index (χ3n) is 3.34. The number of aromatic nitrogens is 1. The number of carbonyl (C=O) groups is 1. The molecule has 0 aliphatic carbocycles. The SMILES string of the molecule is CN1CC(O)N(c2cc(C(C)(C)C(F)(F)F)on2)C1=O. The maximum absolute atomic E-state index is 12.9. The highest BCUT2D eigenvalue weighted by atomic mass is 19.4. The number of hydrogen-bond donors (Lipinski definition) is 1. The molecule has 2 amide bonds. The number of amides is 2. The van der Waals surface area contributed by atoms with Crippen LogP contribution in [0.3, 0.4) is 0 Å². The third kappa shape index (κ3) is 2.11. The van der Waals surface area contributed by atoms with Gasteiger partial charge in [-0.2, -0.15) is 13.2 Å². The summed E-state index contributed by atoms with van der Waals surface area (Å²) in [6.07, 6.45) is -5.69. The Morgan fingerprint density at radius 1 is 1.45 bits per heavy atom. The van der Waals surface area contributed by atoms with Crippen LogP contribution < -0.4 is 4.90 Å². The van der Waals surface area contributed by atoms with E-state index < -0.39 is 29.6 Å². The van der Waals surface area contributed by atoms with Gasteiger partial charge >= 0.3 is 12.2 Å². The molecule has 0 bridgehead atoms. The molecule has 1 aliphatic rings. The number of urea groups is 1. The number of aliphatic hydroxyl groups is 1. The highest BCUT2D eigenvalue weighted by Gasteiger charge is 2.52. The smallest absolute Gasteiger partial charge is 0.371 e. The summed E-state index contributed by atoms with van der Waals surface area (Å²) in [4.78, 5) is 13.9. The van der Waals surface area contributed by atoms with Gasteiger partial charge in [0.2, 0.25) is 0 Å². The fourth-order valence-electron chi connectivity index (χ4n) is 1.78. The summed E-state index contributed by atoms with van der Waals surface area (Å²) in [7, 11) is 1.46. The zero-order valence-corrected chi connectivity index (χ0v) is 11.1. The number of halogens is 3. The zero-order valence-electron chi connectivity index (χ0n) is 11.1. The number of hydrogen-bond acceptors (Lipinski definition) is 4. The van der Waals surface area contributed by atoms with Crippen molar-refractivity contribution in [2.24, 2.45) is 0 Å². The minimum absolute atomic E-state index is 0.0453. The van der Waals surface area contributed by atoms with Crippen molar-refractivity contribution in [3.8, 4) is 0 Å². The van der Waals surface area contributed by atoms with Crippen molar-refractivity contribution in [2.75, 3.05) is 18.5 Å². The van der Waals surface area contributed by atoms with Gasteiger partial charge in [-0.25, -0.2) is 9.69 Å². The number of nitrogens with zero attached hydrogens (tertiary/aromatic N) is 3. The highest BCUT2D eigenvalue weighted by Crippen LogP contribution is 2.41. The van der Waals surface area contributed by atoms with Gasteiger partial charge in [-0.15, -0.1) is 0 Å². The van der Waals surface area contributed by atoms with E-state index in [4.69, 9.17) is 4.52 Å². The van der Waals surface area contributed by atoms with E-state index in [0.29, 0.717) is 0 Å². The molecule has 112 valence electrons. The van der Waals surface area contributed by atoms with E-state index in [1.165, 1.54) is 11.9 Å². The van der Waals surface area contributed by atoms with Gasteiger partial charge in [-0.3, -0.25) is 0 Å². The van der Waals surface area contributed by atoms with Crippen LogP contribution >= 0.6 is 0 Å². The van der Waals surface area contributed by atoms with Crippen LogP contribution in [0.5, 0.6) is 0 Å². The first-order valence-electron chi connectivity index (χ1n) is 5.82. The van der Waals surface area contributed by atoms with Gasteiger partial charge in [0.05, 0.1) is 6.54 Å². The number of anilines is 1. The number of β-amino-alcohol motifs (C(OH)–C–C–N with tert-alkyl or cyclic N) is 1. The molecule has 20 heavy (non-hydrogen) atoms. The second-order valence-electron chi connectivity index (χ2n) is 5.19. The molecule has 1 aromatic rings. The standard InChI is InChI=1S/C11H14F3N3O3/c1-10(2,11(12,13)14)6-4-7(15-20-6)17-8(18)5-16(3)9(17)19/h4,8,18H,5H2,1-3H3. The molecule has 6 nitrogen and oxygen atoms in total. The monoisotopic (exact) mass is 293 g/mol. The van der Waals surface area contributed by atoms with Crippen LogP contribution in [0.15, 0.2) is 10.6 Å². The Labute approximate surface area is 112 Å². The minimum Gasteiger partial charge on any atom is -0.371 e. The number of carbonyl (C=O) groups excluding carboxylic acids is 1. The fourth-order valence-corrected chi connectivity index (χ4v) is 1.78. The molecule has 1 unspecified atom stereocenters. The van der Waals surface area contributed by atoms with Crippen LogP contribution in [-0.2, 0) is 5.41 Å². The second-order valence-corrected chi connectivity index (χ2v) is 5.19. The fraction of sp³-hybridized carbons (Fsp3) is 0.636. The topological polar surface area (TPSA) is 69.8 Å². The molecule has 1 aromatic heterocycles. The Kier molecular flexibility index (Phi) is 3.20. The van der Waals surface area contributed by atoms with Crippen molar-refractivity contribution < 1.29 is 27.6 Å². The molecule has 1 N–H and O–H groups in total. The van der Waals surface area contributed by atoms with Crippen LogP contribution in [0, 0.1) is 0 Å². The van der Waals surface area contributed by atoms with Crippen LogP contribution in [-0.4, -0.2) is 47.2 Å². The van der Waals surface area contributed by atoms with Crippen LogP contribution in [0.25, 0.3) is 0 Å². The Bertz CT molecular complexity index is 526. The van der Waals surface area contributed by atoms with Crippen molar-refractivity contribution in [3.05, 3.63) is 11.8 Å². The Morgan fingerprint density at radius 3 is 2.50 bits per heavy atom. The molecule has 1 fully saturated rings. The molecule has 2 rings (SSSR count). The van der Waals surface area contributed by atoms with Crippen molar-refractivity contribution in [3.63, 3.8) is 0 Å². The van der Waals surface area contributed by atoms with Gasteiger partial charge in [-0.05, 0) is 13.8 Å². The summed E-state index contributed by atoms with van der Waals surface area (Å²) in [5.41, 5.74) is -2.24.